The molecule has 1 aromatic heterocycles. The van der Waals surface area contributed by atoms with E-state index in [1.165, 1.54) is 22.9 Å². The Morgan fingerprint density at radius 1 is 1.39 bits per heavy atom. The summed E-state index contributed by atoms with van der Waals surface area (Å²) in [6.45, 7) is 0.353. The van der Waals surface area contributed by atoms with E-state index in [9.17, 15) is 9.18 Å². The molecule has 0 spiro atoms. The van der Waals surface area contributed by atoms with Gasteiger partial charge in [0.1, 0.15) is 11.3 Å². The van der Waals surface area contributed by atoms with E-state index in [1.807, 2.05) is 0 Å². The zero-order chi connectivity index (χ0) is 12.8. The zero-order valence-corrected chi connectivity index (χ0v) is 10.2. The summed E-state index contributed by atoms with van der Waals surface area (Å²) in [6.07, 6.45) is 0.441. The van der Waals surface area contributed by atoms with Crippen molar-refractivity contribution >= 4 is 22.5 Å². The lowest BCUT2D eigenvalue weighted by Gasteiger charge is -2.05. The maximum Gasteiger partial charge on any atom is 0.321 e. The van der Waals surface area contributed by atoms with Crippen molar-refractivity contribution < 1.29 is 9.18 Å². The molecule has 0 radical (unpaired) electrons. The topological polar surface area (TPSA) is 66.9 Å². The Labute approximate surface area is 107 Å². The van der Waals surface area contributed by atoms with Crippen molar-refractivity contribution in [2.24, 2.45) is 0 Å². The molecule has 0 aliphatic carbocycles. The van der Waals surface area contributed by atoms with E-state index in [0.717, 1.165) is 0 Å². The van der Waals surface area contributed by atoms with Crippen LogP contribution in [0.2, 0.25) is 0 Å². The van der Waals surface area contributed by atoms with Crippen molar-refractivity contribution in [1.29, 1.82) is 0 Å². The fourth-order valence-corrected chi connectivity index (χ4v) is 1.82. The number of aromatic nitrogens is 2. The molecule has 0 bridgehead atoms. The van der Waals surface area contributed by atoms with Crippen molar-refractivity contribution in [3.05, 3.63) is 41.2 Å². The number of carbonyl (C=O) groups excluding carboxylic acids is 1. The minimum Gasteiger partial charge on any atom is -0.337 e. The molecule has 18 heavy (non-hydrogen) atoms. The highest BCUT2D eigenvalue weighted by atomic mass is 32.1. The third-order valence-corrected chi connectivity index (χ3v) is 2.82. The Bertz CT molecular complexity index is 518. The molecule has 0 unspecified atom stereocenters. The molecule has 5 nitrogen and oxygen atoms in total. The third-order valence-electron chi connectivity index (χ3n) is 2.22. The summed E-state index contributed by atoms with van der Waals surface area (Å²) in [7, 11) is 0. The number of hydrogen-bond donors (Lipinski definition) is 2. The molecule has 0 saturated heterocycles. The van der Waals surface area contributed by atoms with Crippen LogP contribution < -0.4 is 10.6 Å². The molecule has 0 fully saturated rings. The van der Waals surface area contributed by atoms with E-state index in [-0.39, 0.29) is 11.8 Å². The van der Waals surface area contributed by atoms with Crippen LogP contribution in [0.15, 0.2) is 29.8 Å². The fraction of sp³-hybridized carbons (Fsp3) is 0.182. The van der Waals surface area contributed by atoms with Crippen LogP contribution in [-0.4, -0.2) is 22.8 Å². The monoisotopic (exact) mass is 266 g/mol. The second-order valence-electron chi connectivity index (χ2n) is 3.47. The van der Waals surface area contributed by atoms with Gasteiger partial charge in [-0.2, -0.15) is 0 Å². The van der Waals surface area contributed by atoms with Crippen LogP contribution in [0, 0.1) is 5.82 Å². The van der Waals surface area contributed by atoms with E-state index < -0.39 is 0 Å². The molecule has 0 atom stereocenters. The van der Waals surface area contributed by atoms with Crippen molar-refractivity contribution in [1.82, 2.24) is 15.5 Å². The Kier molecular flexibility index (Phi) is 4.19. The highest BCUT2D eigenvalue weighted by molar-refractivity contribution is 7.13. The number of benzene rings is 1. The van der Waals surface area contributed by atoms with Gasteiger partial charge in [-0.3, -0.25) is 5.32 Å². The molecule has 0 aliphatic heterocycles. The van der Waals surface area contributed by atoms with Crippen molar-refractivity contribution in [2.45, 2.75) is 6.42 Å². The van der Waals surface area contributed by atoms with E-state index in [1.54, 1.807) is 18.2 Å². The number of halogens is 1. The number of anilines is 1. The fourth-order valence-electron chi connectivity index (χ4n) is 1.38. The first kappa shape index (κ1) is 12.4. The third kappa shape index (κ3) is 3.49. The van der Waals surface area contributed by atoms with Crippen LogP contribution >= 0.6 is 11.3 Å². The normalized spacial score (nSPS) is 10.1. The number of nitrogens with one attached hydrogen (secondary N) is 2. The van der Waals surface area contributed by atoms with Crippen LogP contribution in [0.25, 0.3) is 0 Å². The Morgan fingerprint density at radius 2 is 2.22 bits per heavy atom. The lowest BCUT2D eigenvalue weighted by atomic mass is 10.1. The van der Waals surface area contributed by atoms with Gasteiger partial charge in [-0.25, -0.2) is 9.18 Å². The van der Waals surface area contributed by atoms with Crippen LogP contribution in [0.4, 0.5) is 14.3 Å². The van der Waals surface area contributed by atoms with Gasteiger partial charge in [0.05, 0.1) is 0 Å². The van der Waals surface area contributed by atoms with Crippen molar-refractivity contribution in [2.75, 3.05) is 11.9 Å². The van der Waals surface area contributed by atoms with Gasteiger partial charge < -0.3 is 5.32 Å². The number of carbonyl (C=O) groups is 1. The summed E-state index contributed by atoms with van der Waals surface area (Å²) in [5.41, 5.74) is 2.10. The molecule has 2 aromatic rings. The van der Waals surface area contributed by atoms with Gasteiger partial charge in [-0.05, 0) is 18.1 Å². The quantitative estimate of drug-likeness (QED) is 0.890. The molecule has 2 rings (SSSR count). The first-order chi connectivity index (χ1) is 8.75. The summed E-state index contributed by atoms with van der Waals surface area (Å²) in [6, 6.07) is 6.12. The zero-order valence-electron chi connectivity index (χ0n) is 9.39. The summed E-state index contributed by atoms with van der Waals surface area (Å²) < 4.78 is 13.3. The number of hydrogen-bond acceptors (Lipinski definition) is 4. The van der Waals surface area contributed by atoms with Gasteiger partial charge in [0.15, 0.2) is 0 Å². The molecule has 7 heteroatoms. The second-order valence-corrected chi connectivity index (χ2v) is 4.30. The summed E-state index contributed by atoms with van der Waals surface area (Å²) in [5, 5.41) is 12.8. The van der Waals surface area contributed by atoms with Crippen molar-refractivity contribution in [3.63, 3.8) is 0 Å². The highest BCUT2D eigenvalue weighted by Crippen LogP contribution is 2.08. The first-order valence-corrected chi connectivity index (χ1v) is 6.18. The van der Waals surface area contributed by atoms with Crippen molar-refractivity contribution in [3.8, 4) is 0 Å². The number of nitrogens with zero attached hydrogens (tertiary/aromatic N) is 2. The SMILES string of the molecule is O=C(NCCc1ccccc1F)Nc1nncs1. The summed E-state index contributed by atoms with van der Waals surface area (Å²) in [4.78, 5) is 11.4. The predicted molar refractivity (Wildman–Crippen MR) is 67.0 cm³/mol. The van der Waals surface area contributed by atoms with Gasteiger partial charge in [-0.15, -0.1) is 10.2 Å². The van der Waals surface area contributed by atoms with Gasteiger partial charge in [-0.1, -0.05) is 29.5 Å². The molecule has 2 amide bonds. The minimum absolute atomic E-state index is 0.260. The Hall–Kier alpha value is -2.02. The molecule has 2 N–H and O–H groups in total. The summed E-state index contributed by atoms with van der Waals surface area (Å²) in [5.74, 6) is -0.260. The minimum atomic E-state index is -0.372. The number of urea groups is 1. The molecular weight excluding hydrogens is 255 g/mol. The van der Waals surface area contributed by atoms with Gasteiger partial charge in [0.2, 0.25) is 5.13 Å². The number of rotatable bonds is 4. The maximum absolute atomic E-state index is 13.3. The van der Waals surface area contributed by atoms with Crippen LogP contribution in [0.5, 0.6) is 0 Å². The van der Waals surface area contributed by atoms with Crippen LogP contribution in [0.1, 0.15) is 5.56 Å². The molecule has 1 heterocycles. The molecule has 94 valence electrons. The Morgan fingerprint density at radius 3 is 2.94 bits per heavy atom. The smallest absolute Gasteiger partial charge is 0.321 e. The predicted octanol–water partition coefficient (Wildman–Crippen LogP) is 2.04. The van der Waals surface area contributed by atoms with E-state index >= 15 is 0 Å². The average molecular weight is 266 g/mol. The largest absolute Gasteiger partial charge is 0.337 e. The lowest BCUT2D eigenvalue weighted by Crippen LogP contribution is -2.30. The van der Waals surface area contributed by atoms with Crippen LogP contribution in [0.3, 0.4) is 0 Å². The molecule has 0 saturated carbocycles. The lowest BCUT2D eigenvalue weighted by molar-refractivity contribution is 0.252. The molecule has 0 aliphatic rings. The first-order valence-electron chi connectivity index (χ1n) is 5.30. The van der Waals surface area contributed by atoms with Crippen LogP contribution in [-0.2, 0) is 6.42 Å². The summed E-state index contributed by atoms with van der Waals surface area (Å²) >= 11 is 1.23. The standard InChI is InChI=1S/C11H11FN4OS/c12-9-4-2-1-3-8(9)5-6-13-10(17)15-11-16-14-7-18-11/h1-4,7H,5-6H2,(H2,13,15,16,17). The number of amides is 2. The van der Waals surface area contributed by atoms with E-state index in [2.05, 4.69) is 20.8 Å². The van der Waals surface area contributed by atoms with E-state index in [0.29, 0.717) is 23.7 Å². The van der Waals surface area contributed by atoms with Gasteiger partial charge >= 0.3 is 6.03 Å². The van der Waals surface area contributed by atoms with Gasteiger partial charge in [0, 0.05) is 6.54 Å². The average Bonchev–Trinajstić information content (AvgIpc) is 2.84. The Balaban J connectivity index is 1.75. The molecule has 1 aromatic carbocycles. The highest BCUT2D eigenvalue weighted by Gasteiger charge is 2.04. The second kappa shape index (κ2) is 6.06. The maximum atomic E-state index is 13.3. The molecular formula is C11H11FN4OS. The van der Waals surface area contributed by atoms with Gasteiger partial charge in [0.25, 0.3) is 0 Å². The van der Waals surface area contributed by atoms with E-state index in [4.69, 9.17) is 0 Å².